The Kier molecular flexibility index (Phi) is 7.24. The van der Waals surface area contributed by atoms with Gasteiger partial charge in [-0.25, -0.2) is 0 Å². The number of nitrogens with zero attached hydrogens (tertiary/aromatic N) is 1. The van der Waals surface area contributed by atoms with E-state index in [0.717, 1.165) is 27.6 Å². The lowest BCUT2D eigenvalue weighted by Crippen LogP contribution is -2.42. The SMILES string of the molecule is Cc1cc(C)c2cc(CN(CCCO)C(=S)N[C@H](C)c3ccccc3)c(=O)[nH]c2c1. The third kappa shape index (κ3) is 5.26. The highest BCUT2D eigenvalue weighted by molar-refractivity contribution is 7.80. The summed E-state index contributed by atoms with van der Waals surface area (Å²) in [5.41, 5.74) is 4.78. The number of aryl methyl sites for hydroxylation is 2. The van der Waals surface area contributed by atoms with E-state index in [1.54, 1.807) is 0 Å². The summed E-state index contributed by atoms with van der Waals surface area (Å²) in [6.45, 7) is 7.14. The summed E-state index contributed by atoms with van der Waals surface area (Å²) in [5, 5.41) is 14.3. The number of aromatic nitrogens is 1. The van der Waals surface area contributed by atoms with E-state index in [9.17, 15) is 9.90 Å². The van der Waals surface area contributed by atoms with Crippen LogP contribution < -0.4 is 10.9 Å². The monoisotopic (exact) mass is 423 g/mol. The molecule has 158 valence electrons. The molecule has 3 rings (SSSR count). The molecule has 0 spiro atoms. The van der Waals surface area contributed by atoms with Crippen molar-refractivity contribution in [1.29, 1.82) is 0 Å². The van der Waals surface area contributed by atoms with E-state index in [0.29, 0.717) is 30.2 Å². The van der Waals surface area contributed by atoms with Crippen LogP contribution in [0, 0.1) is 13.8 Å². The molecule has 0 unspecified atom stereocenters. The number of hydrogen-bond acceptors (Lipinski definition) is 3. The first-order valence-corrected chi connectivity index (χ1v) is 10.6. The predicted octanol–water partition coefficient (Wildman–Crippen LogP) is 3.97. The van der Waals surface area contributed by atoms with Crippen LogP contribution in [0.4, 0.5) is 0 Å². The molecule has 5 nitrogen and oxygen atoms in total. The summed E-state index contributed by atoms with van der Waals surface area (Å²) in [6, 6.07) is 16.2. The van der Waals surface area contributed by atoms with Crippen molar-refractivity contribution in [3.8, 4) is 0 Å². The van der Waals surface area contributed by atoms with E-state index < -0.39 is 0 Å². The minimum absolute atomic E-state index is 0.0374. The minimum Gasteiger partial charge on any atom is -0.396 e. The van der Waals surface area contributed by atoms with Crippen LogP contribution in [0.15, 0.2) is 53.3 Å². The molecule has 1 atom stereocenters. The summed E-state index contributed by atoms with van der Waals surface area (Å²) >= 11 is 5.67. The van der Waals surface area contributed by atoms with Gasteiger partial charge in [-0.3, -0.25) is 4.79 Å². The fourth-order valence-corrected chi connectivity index (χ4v) is 3.99. The van der Waals surface area contributed by atoms with Crippen molar-refractivity contribution in [2.75, 3.05) is 13.2 Å². The predicted molar refractivity (Wildman–Crippen MR) is 127 cm³/mol. The van der Waals surface area contributed by atoms with Crippen molar-refractivity contribution >= 4 is 28.2 Å². The summed E-state index contributed by atoms with van der Waals surface area (Å²) in [6.07, 6.45) is 0.575. The van der Waals surface area contributed by atoms with Gasteiger partial charge in [0.2, 0.25) is 0 Å². The van der Waals surface area contributed by atoms with Gasteiger partial charge in [-0.1, -0.05) is 36.4 Å². The van der Waals surface area contributed by atoms with Crippen molar-refractivity contribution in [2.45, 2.75) is 39.8 Å². The summed E-state index contributed by atoms with van der Waals surface area (Å²) in [4.78, 5) is 17.7. The molecule has 0 aliphatic carbocycles. The maximum absolute atomic E-state index is 12.7. The maximum atomic E-state index is 12.7. The quantitative estimate of drug-likeness (QED) is 0.502. The molecule has 1 heterocycles. The highest BCUT2D eigenvalue weighted by Gasteiger charge is 2.16. The zero-order chi connectivity index (χ0) is 21.7. The van der Waals surface area contributed by atoms with Crippen LogP contribution in [0.3, 0.4) is 0 Å². The molecule has 0 saturated heterocycles. The van der Waals surface area contributed by atoms with Gasteiger partial charge in [0.1, 0.15) is 0 Å². The van der Waals surface area contributed by atoms with Gasteiger partial charge in [-0.15, -0.1) is 0 Å². The summed E-state index contributed by atoms with van der Waals surface area (Å²) in [5.74, 6) is 0. The maximum Gasteiger partial charge on any atom is 0.253 e. The Morgan fingerprint density at radius 2 is 1.93 bits per heavy atom. The van der Waals surface area contributed by atoms with Crippen LogP contribution >= 0.6 is 12.2 Å². The number of aliphatic hydroxyl groups excluding tert-OH is 1. The van der Waals surface area contributed by atoms with Crippen molar-refractivity contribution in [2.24, 2.45) is 0 Å². The van der Waals surface area contributed by atoms with Crippen LogP contribution in [-0.4, -0.2) is 33.3 Å². The number of benzene rings is 2. The molecule has 0 saturated carbocycles. The molecule has 2 aromatic carbocycles. The first kappa shape index (κ1) is 22.0. The minimum atomic E-state index is -0.111. The number of hydrogen-bond donors (Lipinski definition) is 3. The Morgan fingerprint density at radius 1 is 1.20 bits per heavy atom. The summed E-state index contributed by atoms with van der Waals surface area (Å²) < 4.78 is 0. The van der Waals surface area contributed by atoms with Crippen LogP contribution in [0.25, 0.3) is 10.9 Å². The zero-order valence-electron chi connectivity index (χ0n) is 17.7. The van der Waals surface area contributed by atoms with Crippen LogP contribution in [0.1, 0.15) is 41.6 Å². The van der Waals surface area contributed by atoms with Gasteiger partial charge in [-0.2, -0.15) is 0 Å². The number of pyridine rings is 1. The lowest BCUT2D eigenvalue weighted by Gasteiger charge is -2.28. The summed E-state index contributed by atoms with van der Waals surface area (Å²) in [7, 11) is 0. The third-order valence-corrected chi connectivity index (χ3v) is 5.64. The van der Waals surface area contributed by atoms with E-state index in [4.69, 9.17) is 12.2 Å². The molecule has 0 aliphatic heterocycles. The third-order valence-electron chi connectivity index (χ3n) is 5.26. The van der Waals surface area contributed by atoms with Crippen molar-refractivity contribution in [1.82, 2.24) is 15.2 Å². The van der Waals surface area contributed by atoms with E-state index in [1.807, 2.05) is 42.2 Å². The van der Waals surface area contributed by atoms with Crippen LogP contribution in [0.5, 0.6) is 0 Å². The zero-order valence-corrected chi connectivity index (χ0v) is 18.6. The lowest BCUT2D eigenvalue weighted by molar-refractivity contribution is 0.263. The van der Waals surface area contributed by atoms with Crippen molar-refractivity contribution in [3.05, 3.63) is 81.1 Å². The fraction of sp³-hybridized carbons (Fsp3) is 0.333. The van der Waals surface area contributed by atoms with Crippen molar-refractivity contribution in [3.63, 3.8) is 0 Å². The van der Waals surface area contributed by atoms with Gasteiger partial charge in [0.15, 0.2) is 5.11 Å². The molecule has 3 aromatic rings. The van der Waals surface area contributed by atoms with Gasteiger partial charge >= 0.3 is 0 Å². The number of aliphatic hydroxyl groups is 1. The Balaban J connectivity index is 1.84. The molecule has 3 N–H and O–H groups in total. The number of nitrogens with one attached hydrogen (secondary N) is 2. The Bertz CT molecular complexity index is 1080. The standard InChI is InChI=1S/C24H29N3O2S/c1-16-12-17(2)21-14-20(23(29)26-22(21)13-16)15-27(10-7-11-28)24(30)25-18(3)19-8-5-4-6-9-19/h4-6,8-9,12-14,18,28H,7,10-11,15H2,1-3H3,(H,25,30)(H,26,29)/t18-/m1/s1. The molecule has 0 aliphatic rings. The van der Waals surface area contributed by atoms with E-state index in [1.165, 1.54) is 0 Å². The lowest BCUT2D eigenvalue weighted by atomic mass is 10.0. The second kappa shape index (κ2) is 9.87. The molecular formula is C24H29N3O2S. The smallest absolute Gasteiger partial charge is 0.253 e. The number of aromatic amines is 1. The molecule has 6 heteroatoms. The Labute approximate surface area is 182 Å². The molecular weight excluding hydrogens is 394 g/mol. The first-order valence-electron chi connectivity index (χ1n) is 10.2. The van der Waals surface area contributed by atoms with Crippen LogP contribution in [0.2, 0.25) is 0 Å². The van der Waals surface area contributed by atoms with Gasteiger partial charge in [-0.05, 0) is 68.2 Å². The molecule has 0 amide bonds. The first-order chi connectivity index (χ1) is 14.4. The van der Waals surface area contributed by atoms with E-state index >= 15 is 0 Å². The number of H-pyrrole nitrogens is 1. The van der Waals surface area contributed by atoms with Gasteiger partial charge in [0.25, 0.3) is 5.56 Å². The Morgan fingerprint density at radius 3 is 2.63 bits per heavy atom. The average molecular weight is 424 g/mol. The number of thiocarbonyl (C=S) groups is 1. The van der Waals surface area contributed by atoms with Crippen molar-refractivity contribution < 1.29 is 5.11 Å². The van der Waals surface area contributed by atoms with Gasteiger partial charge < -0.3 is 20.3 Å². The largest absolute Gasteiger partial charge is 0.396 e. The molecule has 0 fully saturated rings. The molecule has 1 aromatic heterocycles. The number of fused-ring (bicyclic) bond motifs is 1. The molecule has 0 bridgehead atoms. The van der Waals surface area contributed by atoms with Crippen LogP contribution in [-0.2, 0) is 6.54 Å². The second-order valence-electron chi connectivity index (χ2n) is 7.75. The highest BCUT2D eigenvalue weighted by atomic mass is 32.1. The number of rotatable bonds is 7. The molecule has 30 heavy (non-hydrogen) atoms. The fourth-order valence-electron chi connectivity index (χ4n) is 3.65. The molecule has 0 radical (unpaired) electrons. The highest BCUT2D eigenvalue weighted by Crippen LogP contribution is 2.19. The second-order valence-corrected chi connectivity index (χ2v) is 8.13. The normalized spacial score (nSPS) is 12.0. The van der Waals surface area contributed by atoms with E-state index in [2.05, 4.69) is 42.3 Å². The van der Waals surface area contributed by atoms with Gasteiger partial charge in [0.05, 0.1) is 12.6 Å². The van der Waals surface area contributed by atoms with Gasteiger partial charge in [0, 0.05) is 29.6 Å². The topological polar surface area (TPSA) is 68.4 Å². The average Bonchev–Trinajstić information content (AvgIpc) is 2.72. The van der Waals surface area contributed by atoms with E-state index in [-0.39, 0.29) is 18.2 Å². The Hall–Kier alpha value is -2.70.